The fourth-order valence-electron chi connectivity index (χ4n) is 1.08. The number of aromatic nitrogens is 4. The Morgan fingerprint density at radius 2 is 2.36 bits per heavy atom. The Balaban J connectivity index is 2.41. The first-order valence-corrected chi connectivity index (χ1v) is 4.62. The predicted molar refractivity (Wildman–Crippen MR) is 50.4 cm³/mol. The van der Waals surface area contributed by atoms with E-state index in [1.165, 1.54) is 4.80 Å². The first kappa shape index (κ1) is 10.8. The van der Waals surface area contributed by atoms with Crippen LogP contribution in [-0.2, 0) is 18.3 Å². The molecule has 1 atom stereocenters. The zero-order valence-corrected chi connectivity index (χ0v) is 8.47. The van der Waals surface area contributed by atoms with E-state index in [4.69, 9.17) is 5.73 Å². The van der Waals surface area contributed by atoms with Gasteiger partial charge in [0.2, 0.25) is 0 Å². The van der Waals surface area contributed by atoms with E-state index in [0.717, 1.165) is 6.42 Å². The number of aryl methyl sites for hydroxylation is 1. The number of nitrogens with two attached hydrogens (primary N) is 1. The summed E-state index contributed by atoms with van der Waals surface area (Å²) >= 11 is 0. The van der Waals surface area contributed by atoms with Gasteiger partial charge in [-0.05, 0) is 11.6 Å². The van der Waals surface area contributed by atoms with Gasteiger partial charge in [-0.15, -0.1) is 10.2 Å². The van der Waals surface area contributed by atoms with Gasteiger partial charge < -0.3 is 5.73 Å². The molecular weight excluding hydrogens is 182 g/mol. The van der Waals surface area contributed by atoms with Crippen LogP contribution in [0.25, 0.3) is 0 Å². The van der Waals surface area contributed by atoms with Gasteiger partial charge in [0.15, 0.2) is 5.82 Å². The van der Waals surface area contributed by atoms with Crippen molar-refractivity contribution in [1.82, 2.24) is 20.2 Å². The molecule has 0 saturated heterocycles. The van der Waals surface area contributed by atoms with Gasteiger partial charge in [0.1, 0.15) is 5.78 Å². The number of carbonyl (C=O) groups is 1. The number of hydrogen-bond acceptors (Lipinski definition) is 5. The van der Waals surface area contributed by atoms with Crippen molar-refractivity contribution in [1.29, 1.82) is 0 Å². The fourth-order valence-corrected chi connectivity index (χ4v) is 1.08. The first-order valence-electron chi connectivity index (χ1n) is 4.62. The third-order valence-electron chi connectivity index (χ3n) is 1.92. The molecule has 1 unspecified atom stereocenters. The zero-order valence-electron chi connectivity index (χ0n) is 8.47. The molecule has 1 aromatic rings. The van der Waals surface area contributed by atoms with Gasteiger partial charge >= 0.3 is 0 Å². The Labute approximate surface area is 82.5 Å². The third-order valence-corrected chi connectivity index (χ3v) is 1.92. The summed E-state index contributed by atoms with van der Waals surface area (Å²) in [7, 11) is 1.67. The molecular formula is C8H15N5O. The van der Waals surface area contributed by atoms with E-state index in [0.29, 0.717) is 12.2 Å². The quantitative estimate of drug-likeness (QED) is 0.684. The molecule has 1 heterocycles. The lowest BCUT2D eigenvalue weighted by Gasteiger charge is -2.05. The first-order chi connectivity index (χ1) is 6.61. The van der Waals surface area contributed by atoms with Crippen LogP contribution < -0.4 is 5.73 Å². The van der Waals surface area contributed by atoms with Crippen LogP contribution in [0.15, 0.2) is 0 Å². The Hall–Kier alpha value is -1.30. The Morgan fingerprint density at radius 1 is 1.64 bits per heavy atom. The minimum absolute atomic E-state index is 0.0563. The monoisotopic (exact) mass is 197 g/mol. The molecule has 0 aliphatic rings. The van der Waals surface area contributed by atoms with Gasteiger partial charge in [-0.25, -0.2) is 0 Å². The second kappa shape index (κ2) is 4.80. The van der Waals surface area contributed by atoms with E-state index >= 15 is 0 Å². The van der Waals surface area contributed by atoms with Crippen molar-refractivity contribution < 1.29 is 4.79 Å². The maximum atomic E-state index is 11.4. The number of ketones is 1. The highest BCUT2D eigenvalue weighted by atomic mass is 16.1. The molecule has 0 amide bonds. The SMILES string of the molecule is CCC(N)CC(=O)Cc1nnn(C)n1. The van der Waals surface area contributed by atoms with Gasteiger partial charge in [0.25, 0.3) is 0 Å². The van der Waals surface area contributed by atoms with Gasteiger partial charge in [0.05, 0.1) is 13.5 Å². The number of Topliss-reactive ketones (excluding diaryl/α,β-unsaturated/α-hetero) is 1. The lowest BCUT2D eigenvalue weighted by Crippen LogP contribution is -2.23. The predicted octanol–water partition coefficient (Wildman–Crippen LogP) is -0.551. The molecule has 6 nitrogen and oxygen atoms in total. The molecule has 0 spiro atoms. The van der Waals surface area contributed by atoms with Crippen molar-refractivity contribution in [2.24, 2.45) is 12.8 Å². The zero-order chi connectivity index (χ0) is 10.6. The molecule has 2 N–H and O–H groups in total. The highest BCUT2D eigenvalue weighted by molar-refractivity contribution is 5.80. The highest BCUT2D eigenvalue weighted by Crippen LogP contribution is 1.98. The lowest BCUT2D eigenvalue weighted by atomic mass is 10.1. The van der Waals surface area contributed by atoms with Crippen molar-refractivity contribution in [2.75, 3.05) is 0 Å². The summed E-state index contributed by atoms with van der Waals surface area (Å²) in [4.78, 5) is 12.7. The fraction of sp³-hybridized carbons (Fsp3) is 0.750. The topological polar surface area (TPSA) is 86.7 Å². The van der Waals surface area contributed by atoms with Crippen LogP contribution in [0.3, 0.4) is 0 Å². The molecule has 6 heteroatoms. The maximum absolute atomic E-state index is 11.4. The number of rotatable bonds is 5. The summed E-state index contributed by atoms with van der Waals surface area (Å²) in [6.07, 6.45) is 1.41. The summed E-state index contributed by atoms with van der Waals surface area (Å²) in [5.74, 6) is 0.521. The highest BCUT2D eigenvalue weighted by Gasteiger charge is 2.11. The van der Waals surface area contributed by atoms with Crippen LogP contribution in [0.2, 0.25) is 0 Å². The van der Waals surface area contributed by atoms with Crippen LogP contribution in [0.1, 0.15) is 25.6 Å². The summed E-state index contributed by atoms with van der Waals surface area (Å²) < 4.78 is 0. The molecule has 0 aliphatic carbocycles. The molecule has 1 rings (SSSR count). The van der Waals surface area contributed by atoms with Crippen molar-refractivity contribution in [2.45, 2.75) is 32.2 Å². The smallest absolute Gasteiger partial charge is 0.182 e. The Morgan fingerprint density at radius 3 is 2.86 bits per heavy atom. The Kier molecular flexibility index (Phi) is 3.70. The van der Waals surface area contributed by atoms with Crippen molar-refractivity contribution in [3.05, 3.63) is 5.82 Å². The summed E-state index contributed by atoms with van der Waals surface area (Å²) in [6, 6.07) is -0.0563. The second-order valence-electron chi connectivity index (χ2n) is 3.28. The van der Waals surface area contributed by atoms with Crippen LogP contribution in [0, 0.1) is 0 Å². The lowest BCUT2D eigenvalue weighted by molar-refractivity contribution is -0.118. The molecule has 0 radical (unpaired) electrons. The molecule has 14 heavy (non-hydrogen) atoms. The van der Waals surface area contributed by atoms with Crippen molar-refractivity contribution >= 4 is 5.78 Å². The van der Waals surface area contributed by atoms with Crippen LogP contribution in [0.4, 0.5) is 0 Å². The average molecular weight is 197 g/mol. The van der Waals surface area contributed by atoms with Gasteiger partial charge in [-0.2, -0.15) is 4.80 Å². The third kappa shape index (κ3) is 3.21. The number of hydrogen-bond donors (Lipinski definition) is 1. The molecule has 0 saturated carbocycles. The molecule has 0 fully saturated rings. The minimum atomic E-state index is -0.0563. The molecule has 0 aromatic carbocycles. The van der Waals surface area contributed by atoms with E-state index in [2.05, 4.69) is 15.4 Å². The summed E-state index contributed by atoms with van der Waals surface area (Å²) in [5.41, 5.74) is 5.65. The van der Waals surface area contributed by atoms with Crippen molar-refractivity contribution in [3.8, 4) is 0 Å². The maximum Gasteiger partial charge on any atom is 0.182 e. The van der Waals surface area contributed by atoms with Gasteiger partial charge in [-0.3, -0.25) is 4.79 Å². The summed E-state index contributed by atoms with van der Waals surface area (Å²) in [6.45, 7) is 1.96. The van der Waals surface area contributed by atoms with Crippen LogP contribution >= 0.6 is 0 Å². The van der Waals surface area contributed by atoms with Gasteiger partial charge in [-0.1, -0.05) is 6.92 Å². The average Bonchev–Trinajstić information content (AvgIpc) is 2.50. The van der Waals surface area contributed by atoms with E-state index in [1.807, 2.05) is 6.92 Å². The van der Waals surface area contributed by atoms with Crippen molar-refractivity contribution in [3.63, 3.8) is 0 Å². The molecule has 1 aromatic heterocycles. The molecule has 78 valence electrons. The van der Waals surface area contributed by atoms with E-state index in [1.54, 1.807) is 7.05 Å². The second-order valence-corrected chi connectivity index (χ2v) is 3.28. The number of nitrogens with zero attached hydrogens (tertiary/aromatic N) is 4. The van der Waals surface area contributed by atoms with Crippen LogP contribution in [0.5, 0.6) is 0 Å². The van der Waals surface area contributed by atoms with E-state index < -0.39 is 0 Å². The largest absolute Gasteiger partial charge is 0.327 e. The number of tetrazole rings is 1. The standard InChI is InChI=1S/C8H15N5O/c1-3-6(9)4-7(14)5-8-10-12-13(2)11-8/h6H,3-5,9H2,1-2H3. The normalized spacial score (nSPS) is 12.8. The molecule has 0 aliphatic heterocycles. The Bertz CT molecular complexity index is 308. The summed E-state index contributed by atoms with van der Waals surface area (Å²) in [5, 5.41) is 11.3. The minimum Gasteiger partial charge on any atom is -0.327 e. The van der Waals surface area contributed by atoms with Gasteiger partial charge in [0, 0.05) is 12.5 Å². The van der Waals surface area contributed by atoms with E-state index in [9.17, 15) is 4.79 Å². The molecule has 0 bridgehead atoms. The number of carbonyl (C=O) groups excluding carboxylic acids is 1. The van der Waals surface area contributed by atoms with E-state index in [-0.39, 0.29) is 18.2 Å². The van der Waals surface area contributed by atoms with Crippen LogP contribution in [-0.4, -0.2) is 32.0 Å².